The van der Waals surface area contributed by atoms with Crippen LogP contribution in [0.1, 0.15) is 62.3 Å². The molecule has 0 rings (SSSR count). The third-order valence-electron chi connectivity index (χ3n) is 4.28. The van der Waals surface area contributed by atoms with E-state index >= 15 is 0 Å². The number of nitrogens with zero attached hydrogens (tertiary/aromatic N) is 1. The summed E-state index contributed by atoms with van der Waals surface area (Å²) in [4.78, 5) is 62.3. The Bertz CT molecular complexity index is 713. The summed E-state index contributed by atoms with van der Waals surface area (Å²) < 4.78 is 10.1. The van der Waals surface area contributed by atoms with Crippen molar-refractivity contribution >= 4 is 29.8 Å². The van der Waals surface area contributed by atoms with Gasteiger partial charge in [0.2, 0.25) is 6.10 Å². The zero-order valence-corrected chi connectivity index (χ0v) is 20.2. The number of alkyl carbamates (subject to hydrolysis) is 1. The molecule has 0 spiro atoms. The van der Waals surface area contributed by atoms with E-state index in [-0.39, 0.29) is 0 Å². The zero-order valence-electron chi connectivity index (χ0n) is 20.2. The van der Waals surface area contributed by atoms with E-state index in [9.17, 15) is 34.2 Å². The van der Waals surface area contributed by atoms with Gasteiger partial charge in [0.25, 0.3) is 11.8 Å². The van der Waals surface area contributed by atoms with E-state index < -0.39 is 71.6 Å². The third kappa shape index (κ3) is 8.81. The molecule has 0 saturated heterocycles. The second-order valence-corrected chi connectivity index (χ2v) is 9.22. The number of carboxylic acid groups (broad SMARTS) is 1. The first-order valence-corrected chi connectivity index (χ1v) is 10.4. The Morgan fingerprint density at radius 1 is 0.875 bits per heavy atom. The smallest absolute Gasteiger partial charge is 0.408 e. The van der Waals surface area contributed by atoms with Crippen LogP contribution in [0.15, 0.2) is 0 Å². The number of carbonyl (C=O) groups excluding carboxylic acids is 4. The van der Waals surface area contributed by atoms with E-state index in [0.717, 1.165) is 0 Å². The van der Waals surface area contributed by atoms with E-state index in [0.29, 0.717) is 4.90 Å². The highest BCUT2D eigenvalue weighted by molar-refractivity contribution is 6.03. The van der Waals surface area contributed by atoms with Gasteiger partial charge in [-0.25, -0.2) is 14.4 Å². The van der Waals surface area contributed by atoms with Crippen molar-refractivity contribution in [3.63, 3.8) is 0 Å². The molecule has 0 radical (unpaired) electrons. The maximum absolute atomic E-state index is 13.0. The Labute approximate surface area is 188 Å². The van der Waals surface area contributed by atoms with Crippen molar-refractivity contribution in [3.05, 3.63) is 0 Å². The highest BCUT2D eigenvalue weighted by atomic mass is 16.6. The van der Waals surface area contributed by atoms with Gasteiger partial charge < -0.3 is 25.0 Å². The Morgan fingerprint density at radius 3 is 1.75 bits per heavy atom. The number of aliphatic hydroxyl groups excluding tert-OH is 1. The fourth-order valence-corrected chi connectivity index (χ4v) is 2.47. The predicted octanol–water partition coefficient (Wildman–Crippen LogP) is 1.31. The largest absolute Gasteiger partial charge is 0.478 e. The first-order valence-electron chi connectivity index (χ1n) is 10.4. The minimum atomic E-state index is -1.62. The topological polar surface area (TPSA) is 160 Å². The number of hydrogen-bond donors (Lipinski definition) is 3. The minimum absolute atomic E-state index is 0.480. The van der Waals surface area contributed by atoms with Crippen molar-refractivity contribution in [3.8, 4) is 0 Å². The van der Waals surface area contributed by atoms with Crippen molar-refractivity contribution < 1.29 is 43.7 Å². The molecule has 0 saturated carbocycles. The summed E-state index contributed by atoms with van der Waals surface area (Å²) in [5.74, 6) is -5.76. The predicted molar refractivity (Wildman–Crippen MR) is 113 cm³/mol. The van der Waals surface area contributed by atoms with Crippen LogP contribution in [0.25, 0.3) is 0 Å². The highest BCUT2D eigenvalue weighted by Gasteiger charge is 2.40. The van der Waals surface area contributed by atoms with Crippen LogP contribution >= 0.6 is 0 Å². The Hall–Kier alpha value is -2.69. The Morgan fingerprint density at radius 2 is 1.38 bits per heavy atom. The molecule has 3 amide bonds. The number of aliphatic hydroxyl groups is 1. The average molecular weight is 461 g/mol. The molecule has 0 heterocycles. The summed E-state index contributed by atoms with van der Waals surface area (Å²) in [7, 11) is 0. The molecule has 11 nitrogen and oxygen atoms in total. The third-order valence-corrected chi connectivity index (χ3v) is 4.28. The van der Waals surface area contributed by atoms with Gasteiger partial charge in [-0.3, -0.25) is 14.5 Å². The number of carboxylic acids is 1. The molecule has 0 aliphatic heterocycles. The van der Waals surface area contributed by atoms with Crippen molar-refractivity contribution in [2.45, 2.75) is 92.2 Å². The first kappa shape index (κ1) is 29.3. The lowest BCUT2D eigenvalue weighted by atomic mass is 10.0. The summed E-state index contributed by atoms with van der Waals surface area (Å²) in [5.41, 5.74) is -0.837. The number of amides is 3. The fraction of sp³-hybridized carbons (Fsp3) is 0.762. The van der Waals surface area contributed by atoms with Crippen LogP contribution in [0.5, 0.6) is 0 Å². The molecule has 0 aliphatic carbocycles. The summed E-state index contributed by atoms with van der Waals surface area (Å²) >= 11 is 0. The maximum Gasteiger partial charge on any atom is 0.408 e. The Kier molecular flexibility index (Phi) is 10.8. The van der Waals surface area contributed by atoms with Crippen LogP contribution in [-0.2, 0) is 28.7 Å². The van der Waals surface area contributed by atoms with Crippen molar-refractivity contribution in [2.24, 2.45) is 11.8 Å². The molecule has 0 aromatic heterocycles. The van der Waals surface area contributed by atoms with Crippen molar-refractivity contribution in [1.29, 1.82) is 0 Å². The van der Waals surface area contributed by atoms with E-state index in [2.05, 4.69) is 5.32 Å². The van der Waals surface area contributed by atoms with Gasteiger partial charge in [-0.2, -0.15) is 0 Å². The van der Waals surface area contributed by atoms with Gasteiger partial charge in [-0.1, -0.05) is 27.7 Å². The van der Waals surface area contributed by atoms with E-state index in [4.69, 9.17) is 9.47 Å². The molecule has 32 heavy (non-hydrogen) atoms. The number of nitrogens with one attached hydrogen (secondary N) is 1. The second kappa shape index (κ2) is 11.8. The van der Waals surface area contributed by atoms with Gasteiger partial charge >= 0.3 is 18.0 Å². The van der Waals surface area contributed by atoms with Crippen LogP contribution in [0, 0.1) is 11.8 Å². The highest BCUT2D eigenvalue weighted by Crippen LogP contribution is 2.16. The van der Waals surface area contributed by atoms with Crippen LogP contribution in [0.4, 0.5) is 4.79 Å². The lowest BCUT2D eigenvalue weighted by Crippen LogP contribution is -2.58. The standard InChI is InChI=1S/C21H36N2O9/c1-10(2)14(24)17(26)23(13(6)19(29)31-15(11(3)4)18(27)28)16(25)12(5)22-20(30)32-21(7,8)9/h10-15,24H,1-9H3,(H,22,30)(H,27,28)/t12-,13-,14?,15-/m0/s1. The maximum atomic E-state index is 13.0. The van der Waals surface area contributed by atoms with E-state index in [1.54, 1.807) is 20.8 Å². The molecule has 0 aromatic carbocycles. The number of imide groups is 1. The van der Waals surface area contributed by atoms with Crippen LogP contribution in [-0.4, -0.2) is 74.9 Å². The van der Waals surface area contributed by atoms with Gasteiger partial charge in [0.05, 0.1) is 0 Å². The summed E-state index contributed by atoms with van der Waals surface area (Å²) in [6, 6.07) is -2.87. The summed E-state index contributed by atoms with van der Waals surface area (Å²) in [6.07, 6.45) is -4.04. The molecular formula is C21H36N2O9. The molecular weight excluding hydrogens is 424 g/mol. The fourth-order valence-electron chi connectivity index (χ4n) is 2.47. The van der Waals surface area contributed by atoms with E-state index in [1.165, 1.54) is 41.5 Å². The Balaban J connectivity index is 5.84. The first-order chi connectivity index (χ1) is 14.4. The molecule has 3 N–H and O–H groups in total. The van der Waals surface area contributed by atoms with Gasteiger partial charge in [-0.05, 0) is 40.5 Å². The van der Waals surface area contributed by atoms with Crippen LogP contribution < -0.4 is 5.32 Å². The van der Waals surface area contributed by atoms with Crippen LogP contribution in [0.3, 0.4) is 0 Å². The normalized spacial score (nSPS) is 15.4. The van der Waals surface area contributed by atoms with Crippen LogP contribution in [0.2, 0.25) is 0 Å². The number of hydrogen-bond acceptors (Lipinski definition) is 8. The summed E-state index contributed by atoms with van der Waals surface area (Å²) in [5, 5.41) is 21.7. The monoisotopic (exact) mass is 460 g/mol. The molecule has 0 fully saturated rings. The molecule has 0 aliphatic rings. The zero-order chi connectivity index (χ0) is 25.5. The quantitative estimate of drug-likeness (QED) is 0.431. The van der Waals surface area contributed by atoms with Gasteiger partial charge in [0, 0.05) is 5.92 Å². The van der Waals surface area contributed by atoms with Gasteiger partial charge in [-0.15, -0.1) is 0 Å². The number of rotatable bonds is 9. The van der Waals surface area contributed by atoms with Gasteiger partial charge in [0.1, 0.15) is 23.8 Å². The SMILES string of the molecule is CC(C)C(O)C(=O)N(C(=O)[C@H](C)NC(=O)OC(C)(C)C)[C@@H](C)C(=O)O[C@H](C(=O)O)C(C)C. The molecule has 11 heteroatoms. The average Bonchev–Trinajstić information content (AvgIpc) is 2.62. The number of carbonyl (C=O) groups is 5. The lowest BCUT2D eigenvalue weighted by Gasteiger charge is -2.32. The molecule has 4 atom stereocenters. The van der Waals surface area contributed by atoms with Crippen molar-refractivity contribution in [1.82, 2.24) is 10.2 Å². The number of esters is 1. The molecule has 184 valence electrons. The second-order valence-electron chi connectivity index (χ2n) is 9.22. The molecule has 0 aromatic rings. The molecule has 1 unspecified atom stereocenters. The number of ether oxygens (including phenoxy) is 2. The van der Waals surface area contributed by atoms with Crippen molar-refractivity contribution in [2.75, 3.05) is 0 Å². The minimum Gasteiger partial charge on any atom is -0.478 e. The molecule has 0 bridgehead atoms. The van der Waals surface area contributed by atoms with Gasteiger partial charge in [0.15, 0.2) is 0 Å². The summed E-state index contributed by atoms with van der Waals surface area (Å²) in [6.45, 7) is 13.5. The lowest BCUT2D eigenvalue weighted by molar-refractivity contribution is -0.175. The van der Waals surface area contributed by atoms with E-state index in [1.807, 2.05) is 0 Å². The number of aliphatic carboxylic acids is 1.